The molecule has 1 unspecified atom stereocenters. The fraction of sp³-hybridized carbons (Fsp3) is 0.333. The van der Waals surface area contributed by atoms with E-state index in [-0.39, 0.29) is 11.7 Å². The smallest absolute Gasteiger partial charge is 0.287 e. The van der Waals surface area contributed by atoms with Gasteiger partial charge in [0.2, 0.25) is 5.91 Å². The summed E-state index contributed by atoms with van der Waals surface area (Å²) >= 11 is 0. The normalized spacial score (nSPS) is 12.0. The maximum Gasteiger partial charge on any atom is 0.287 e. The Hall–Kier alpha value is -2.50. The highest BCUT2D eigenvalue weighted by Gasteiger charge is 2.18. The maximum absolute atomic E-state index is 12.0. The summed E-state index contributed by atoms with van der Waals surface area (Å²) in [6.07, 6.45) is 1.41. The molecule has 0 aliphatic rings. The van der Waals surface area contributed by atoms with Crippen molar-refractivity contribution in [3.05, 3.63) is 47.7 Å². The lowest BCUT2D eigenvalue weighted by atomic mass is 10.3. The van der Waals surface area contributed by atoms with Crippen LogP contribution in [0.15, 0.2) is 34.9 Å². The number of furan rings is 1. The van der Waals surface area contributed by atoms with Crippen LogP contribution in [0.3, 0.4) is 0 Å². The highest BCUT2D eigenvalue weighted by atomic mass is 16.3. The zero-order valence-electron chi connectivity index (χ0n) is 12.3. The van der Waals surface area contributed by atoms with Crippen LogP contribution in [0.5, 0.6) is 0 Å². The molecule has 112 valence electrons. The Morgan fingerprint density at radius 1 is 1.33 bits per heavy atom. The Kier molecular flexibility index (Phi) is 4.47. The quantitative estimate of drug-likeness (QED) is 0.872. The second-order valence-corrected chi connectivity index (χ2v) is 4.92. The number of rotatable bonds is 5. The van der Waals surface area contributed by atoms with Crippen molar-refractivity contribution in [3.8, 4) is 0 Å². The monoisotopic (exact) mass is 289 g/mol. The molecule has 0 aliphatic heterocycles. The van der Waals surface area contributed by atoms with Gasteiger partial charge in [-0.15, -0.1) is 0 Å². The summed E-state index contributed by atoms with van der Waals surface area (Å²) in [5.74, 6) is -0.459. The van der Waals surface area contributed by atoms with Crippen molar-refractivity contribution in [1.82, 2.24) is 15.2 Å². The minimum absolute atomic E-state index is 0.188. The van der Waals surface area contributed by atoms with Gasteiger partial charge in [-0.1, -0.05) is 0 Å². The van der Waals surface area contributed by atoms with Crippen LogP contribution >= 0.6 is 0 Å². The first-order chi connectivity index (χ1) is 9.99. The molecule has 2 amide bonds. The minimum Gasteiger partial charge on any atom is -0.459 e. The number of carbonyl (C=O) groups excluding carboxylic acids is 2. The van der Waals surface area contributed by atoms with Gasteiger partial charge >= 0.3 is 0 Å². The molecule has 21 heavy (non-hydrogen) atoms. The van der Waals surface area contributed by atoms with Crippen LogP contribution in [0.1, 0.15) is 28.9 Å². The standard InChI is InChI=1S/C15H19N3O3/c1-10-6-7-12(18(10)3)9-16-14(19)11(2)17-15(20)13-5-4-8-21-13/h4-8,11H,9H2,1-3H3,(H,16,19)(H,17,20). The number of amides is 2. The lowest BCUT2D eigenvalue weighted by Gasteiger charge is -2.14. The fourth-order valence-electron chi connectivity index (χ4n) is 1.92. The zero-order valence-corrected chi connectivity index (χ0v) is 12.3. The average Bonchev–Trinajstić information content (AvgIpc) is 3.09. The molecule has 6 heteroatoms. The van der Waals surface area contributed by atoms with Crippen molar-refractivity contribution < 1.29 is 14.0 Å². The molecule has 0 bridgehead atoms. The van der Waals surface area contributed by atoms with Crippen LogP contribution in [0.25, 0.3) is 0 Å². The second-order valence-electron chi connectivity index (χ2n) is 4.92. The number of nitrogens with one attached hydrogen (secondary N) is 2. The van der Waals surface area contributed by atoms with E-state index >= 15 is 0 Å². The first-order valence-electron chi connectivity index (χ1n) is 6.72. The number of hydrogen-bond donors (Lipinski definition) is 2. The van der Waals surface area contributed by atoms with Gasteiger partial charge in [-0.05, 0) is 38.1 Å². The van der Waals surface area contributed by atoms with Crippen LogP contribution in [-0.2, 0) is 18.4 Å². The van der Waals surface area contributed by atoms with Gasteiger partial charge in [0.15, 0.2) is 5.76 Å². The number of nitrogens with zero attached hydrogens (tertiary/aromatic N) is 1. The SMILES string of the molecule is Cc1ccc(CNC(=O)C(C)NC(=O)c2ccco2)n1C. The first kappa shape index (κ1) is 14.9. The number of aryl methyl sites for hydroxylation is 1. The van der Waals surface area contributed by atoms with E-state index in [2.05, 4.69) is 10.6 Å². The molecule has 0 aliphatic carbocycles. The molecule has 0 aromatic carbocycles. The molecule has 2 heterocycles. The van der Waals surface area contributed by atoms with Crippen molar-refractivity contribution in [2.45, 2.75) is 26.4 Å². The zero-order chi connectivity index (χ0) is 15.4. The molecular weight excluding hydrogens is 270 g/mol. The Morgan fingerprint density at radius 2 is 2.10 bits per heavy atom. The Labute approximate surface area is 123 Å². The molecule has 0 spiro atoms. The van der Waals surface area contributed by atoms with Crippen LogP contribution in [0.2, 0.25) is 0 Å². The van der Waals surface area contributed by atoms with Gasteiger partial charge in [0.05, 0.1) is 12.8 Å². The predicted molar refractivity (Wildman–Crippen MR) is 77.6 cm³/mol. The van der Waals surface area contributed by atoms with Crippen LogP contribution in [-0.4, -0.2) is 22.4 Å². The summed E-state index contributed by atoms with van der Waals surface area (Å²) in [5, 5.41) is 5.39. The largest absolute Gasteiger partial charge is 0.459 e. The van der Waals surface area contributed by atoms with Gasteiger partial charge in [-0.2, -0.15) is 0 Å². The minimum atomic E-state index is -0.635. The van der Waals surface area contributed by atoms with Crippen molar-refractivity contribution in [3.63, 3.8) is 0 Å². The summed E-state index contributed by atoms with van der Waals surface area (Å²) in [4.78, 5) is 23.7. The van der Waals surface area contributed by atoms with E-state index in [4.69, 9.17) is 4.42 Å². The van der Waals surface area contributed by atoms with Crippen LogP contribution in [0.4, 0.5) is 0 Å². The molecule has 0 saturated carbocycles. The van der Waals surface area contributed by atoms with E-state index in [9.17, 15) is 9.59 Å². The molecule has 6 nitrogen and oxygen atoms in total. The van der Waals surface area contributed by atoms with Gasteiger partial charge < -0.3 is 19.6 Å². The van der Waals surface area contributed by atoms with Gasteiger partial charge in [0.25, 0.3) is 5.91 Å². The van der Waals surface area contributed by atoms with Gasteiger partial charge in [0.1, 0.15) is 6.04 Å². The summed E-state index contributed by atoms with van der Waals surface area (Å²) in [7, 11) is 1.94. The van der Waals surface area contributed by atoms with Crippen molar-refractivity contribution in [2.75, 3.05) is 0 Å². The first-order valence-corrected chi connectivity index (χ1v) is 6.72. The molecule has 2 aromatic rings. The van der Waals surface area contributed by atoms with E-state index in [0.717, 1.165) is 11.4 Å². The molecule has 0 saturated heterocycles. The summed E-state index contributed by atoms with van der Waals surface area (Å²) in [5.41, 5.74) is 2.13. The topological polar surface area (TPSA) is 76.3 Å². The maximum atomic E-state index is 12.0. The Morgan fingerprint density at radius 3 is 2.67 bits per heavy atom. The number of hydrogen-bond acceptors (Lipinski definition) is 3. The molecular formula is C15H19N3O3. The average molecular weight is 289 g/mol. The highest BCUT2D eigenvalue weighted by Crippen LogP contribution is 2.05. The second kappa shape index (κ2) is 6.30. The molecule has 2 rings (SSSR count). The van der Waals surface area contributed by atoms with E-state index < -0.39 is 11.9 Å². The van der Waals surface area contributed by atoms with E-state index in [1.807, 2.05) is 30.7 Å². The van der Waals surface area contributed by atoms with E-state index in [0.29, 0.717) is 6.54 Å². The van der Waals surface area contributed by atoms with Crippen molar-refractivity contribution >= 4 is 11.8 Å². The van der Waals surface area contributed by atoms with Gasteiger partial charge in [-0.3, -0.25) is 9.59 Å². The number of aromatic nitrogens is 1. The number of carbonyl (C=O) groups is 2. The third-order valence-electron chi connectivity index (χ3n) is 3.41. The Balaban J connectivity index is 1.85. The molecule has 0 radical (unpaired) electrons. The molecule has 2 N–H and O–H groups in total. The van der Waals surface area contributed by atoms with Crippen molar-refractivity contribution in [2.24, 2.45) is 7.05 Å². The molecule has 2 aromatic heterocycles. The van der Waals surface area contributed by atoms with Gasteiger partial charge in [-0.25, -0.2) is 0 Å². The fourth-order valence-corrected chi connectivity index (χ4v) is 1.92. The lowest BCUT2D eigenvalue weighted by molar-refractivity contribution is -0.122. The predicted octanol–water partition coefficient (Wildman–Crippen LogP) is 1.36. The summed E-state index contributed by atoms with van der Waals surface area (Å²) in [6, 6.07) is 6.49. The van der Waals surface area contributed by atoms with Gasteiger partial charge in [0, 0.05) is 18.4 Å². The molecule has 0 fully saturated rings. The highest BCUT2D eigenvalue weighted by molar-refractivity contribution is 5.95. The lowest BCUT2D eigenvalue weighted by Crippen LogP contribution is -2.44. The summed E-state index contributed by atoms with van der Waals surface area (Å²) < 4.78 is 6.98. The van der Waals surface area contributed by atoms with Crippen LogP contribution in [0, 0.1) is 6.92 Å². The van der Waals surface area contributed by atoms with Crippen LogP contribution < -0.4 is 10.6 Å². The molecule has 1 atom stereocenters. The van der Waals surface area contributed by atoms with E-state index in [1.54, 1.807) is 19.1 Å². The summed E-state index contributed by atoms with van der Waals surface area (Å²) in [6.45, 7) is 4.05. The van der Waals surface area contributed by atoms with Crippen molar-refractivity contribution in [1.29, 1.82) is 0 Å². The Bertz CT molecular complexity index is 629. The van der Waals surface area contributed by atoms with E-state index in [1.165, 1.54) is 6.26 Å². The third-order valence-corrected chi connectivity index (χ3v) is 3.41. The third kappa shape index (κ3) is 3.53.